The molecule has 132 valence electrons. The number of aromatic nitrogens is 1. The molecule has 7 heteroatoms. The van der Waals surface area contributed by atoms with E-state index in [0.29, 0.717) is 40.3 Å². The second kappa shape index (κ2) is 7.35. The third-order valence-corrected chi connectivity index (χ3v) is 4.81. The summed E-state index contributed by atoms with van der Waals surface area (Å²) in [6, 6.07) is 4.65. The van der Waals surface area contributed by atoms with Crippen LogP contribution in [0.4, 0.5) is 10.2 Å². The third kappa shape index (κ3) is 3.58. The Bertz CT molecular complexity index is 833. The van der Waals surface area contributed by atoms with Crippen LogP contribution in [-0.2, 0) is 9.59 Å². The van der Waals surface area contributed by atoms with Crippen molar-refractivity contribution in [3.8, 4) is 0 Å². The molecule has 5 nitrogen and oxygen atoms in total. The monoisotopic (exact) mass is 363 g/mol. The summed E-state index contributed by atoms with van der Waals surface area (Å²) in [5.74, 6) is 0.403. The molecular formula is C18H19ClFN3O2. The van der Waals surface area contributed by atoms with E-state index in [9.17, 15) is 14.0 Å². The highest BCUT2D eigenvalue weighted by Crippen LogP contribution is 2.34. The van der Waals surface area contributed by atoms with Crippen molar-refractivity contribution in [2.24, 2.45) is 0 Å². The molecule has 0 saturated carbocycles. The van der Waals surface area contributed by atoms with Gasteiger partial charge < -0.3 is 5.32 Å². The van der Waals surface area contributed by atoms with Crippen LogP contribution in [0.5, 0.6) is 0 Å². The first-order valence-electron chi connectivity index (χ1n) is 8.30. The SMILES string of the molecule is Cc1c(N2CCCC2=O)nc2cccc(F)c2c1Cl.O=C1CCCN1. The van der Waals surface area contributed by atoms with Gasteiger partial charge in [0.2, 0.25) is 11.8 Å². The van der Waals surface area contributed by atoms with E-state index in [-0.39, 0.29) is 11.8 Å². The van der Waals surface area contributed by atoms with Crippen molar-refractivity contribution < 1.29 is 14.0 Å². The summed E-state index contributed by atoms with van der Waals surface area (Å²) in [6.45, 7) is 3.30. The van der Waals surface area contributed by atoms with Crippen LogP contribution in [0.25, 0.3) is 10.9 Å². The Hall–Kier alpha value is -2.21. The van der Waals surface area contributed by atoms with E-state index >= 15 is 0 Å². The summed E-state index contributed by atoms with van der Waals surface area (Å²) in [5.41, 5.74) is 1.12. The average molecular weight is 364 g/mol. The second-order valence-electron chi connectivity index (χ2n) is 6.11. The van der Waals surface area contributed by atoms with Crippen molar-refractivity contribution in [1.82, 2.24) is 10.3 Å². The minimum atomic E-state index is -0.391. The van der Waals surface area contributed by atoms with Gasteiger partial charge in [-0.2, -0.15) is 0 Å². The highest BCUT2D eigenvalue weighted by atomic mass is 35.5. The van der Waals surface area contributed by atoms with Crippen molar-refractivity contribution in [2.75, 3.05) is 18.0 Å². The molecule has 25 heavy (non-hydrogen) atoms. The molecular weight excluding hydrogens is 345 g/mol. The Morgan fingerprint density at radius 2 is 2.04 bits per heavy atom. The van der Waals surface area contributed by atoms with E-state index < -0.39 is 5.82 Å². The molecule has 2 aliphatic rings. The highest BCUT2D eigenvalue weighted by molar-refractivity contribution is 6.36. The summed E-state index contributed by atoms with van der Waals surface area (Å²) in [7, 11) is 0. The van der Waals surface area contributed by atoms with Gasteiger partial charge in [0.15, 0.2) is 0 Å². The predicted octanol–water partition coefficient (Wildman–Crippen LogP) is 3.36. The van der Waals surface area contributed by atoms with Gasteiger partial charge in [0.05, 0.1) is 15.9 Å². The zero-order chi connectivity index (χ0) is 18.0. The molecule has 0 bridgehead atoms. The number of benzene rings is 1. The zero-order valence-corrected chi connectivity index (χ0v) is 14.7. The number of pyridine rings is 1. The van der Waals surface area contributed by atoms with Crippen molar-refractivity contribution >= 4 is 40.1 Å². The smallest absolute Gasteiger partial charge is 0.228 e. The van der Waals surface area contributed by atoms with E-state index in [1.807, 2.05) is 0 Å². The Labute approximate surface area is 150 Å². The maximum absolute atomic E-state index is 13.8. The molecule has 3 heterocycles. The van der Waals surface area contributed by atoms with Crippen molar-refractivity contribution in [3.63, 3.8) is 0 Å². The number of carbonyl (C=O) groups excluding carboxylic acids is 2. The number of fused-ring (bicyclic) bond motifs is 1. The molecule has 2 aliphatic heterocycles. The lowest BCUT2D eigenvalue weighted by Gasteiger charge is -2.19. The van der Waals surface area contributed by atoms with E-state index in [4.69, 9.17) is 11.6 Å². The average Bonchev–Trinajstić information content (AvgIpc) is 3.22. The van der Waals surface area contributed by atoms with Crippen LogP contribution in [0.1, 0.15) is 31.2 Å². The number of rotatable bonds is 1. The molecule has 1 aromatic heterocycles. The largest absolute Gasteiger partial charge is 0.356 e. The Balaban J connectivity index is 0.000000258. The first-order chi connectivity index (χ1) is 12.0. The number of anilines is 1. The molecule has 4 rings (SSSR count). The van der Waals surface area contributed by atoms with Crippen molar-refractivity contribution in [3.05, 3.63) is 34.6 Å². The molecule has 1 aromatic carbocycles. The van der Waals surface area contributed by atoms with E-state index in [0.717, 1.165) is 25.8 Å². The van der Waals surface area contributed by atoms with Gasteiger partial charge in [0.25, 0.3) is 0 Å². The number of carbonyl (C=O) groups is 2. The maximum Gasteiger partial charge on any atom is 0.228 e. The van der Waals surface area contributed by atoms with Crippen LogP contribution < -0.4 is 10.2 Å². The fourth-order valence-corrected chi connectivity index (χ4v) is 3.28. The normalized spacial score (nSPS) is 16.8. The van der Waals surface area contributed by atoms with E-state index in [2.05, 4.69) is 10.3 Å². The van der Waals surface area contributed by atoms with Gasteiger partial charge in [-0.05, 0) is 31.9 Å². The number of amides is 2. The van der Waals surface area contributed by atoms with E-state index in [1.54, 1.807) is 24.0 Å². The fraction of sp³-hybridized carbons (Fsp3) is 0.389. The molecule has 2 aromatic rings. The van der Waals surface area contributed by atoms with Gasteiger partial charge in [-0.3, -0.25) is 14.5 Å². The predicted molar refractivity (Wildman–Crippen MR) is 95.3 cm³/mol. The van der Waals surface area contributed by atoms with Crippen LogP contribution in [0, 0.1) is 12.7 Å². The Morgan fingerprint density at radius 1 is 1.24 bits per heavy atom. The third-order valence-electron chi connectivity index (χ3n) is 4.33. The minimum Gasteiger partial charge on any atom is -0.356 e. The van der Waals surface area contributed by atoms with Crippen LogP contribution in [0.3, 0.4) is 0 Å². The van der Waals surface area contributed by atoms with Crippen LogP contribution in [0.2, 0.25) is 5.02 Å². The topological polar surface area (TPSA) is 62.3 Å². The number of halogens is 2. The van der Waals surface area contributed by atoms with Gasteiger partial charge in [-0.15, -0.1) is 0 Å². The first-order valence-corrected chi connectivity index (χ1v) is 8.68. The van der Waals surface area contributed by atoms with Crippen LogP contribution in [0.15, 0.2) is 18.2 Å². The van der Waals surface area contributed by atoms with Crippen LogP contribution >= 0.6 is 11.6 Å². The Morgan fingerprint density at radius 3 is 2.60 bits per heavy atom. The molecule has 1 N–H and O–H groups in total. The summed E-state index contributed by atoms with van der Waals surface area (Å²) in [6.07, 6.45) is 3.11. The first kappa shape index (κ1) is 17.6. The zero-order valence-electron chi connectivity index (χ0n) is 13.9. The molecule has 0 spiro atoms. The van der Waals surface area contributed by atoms with Crippen molar-refractivity contribution in [1.29, 1.82) is 0 Å². The van der Waals surface area contributed by atoms with Gasteiger partial charge in [0.1, 0.15) is 11.6 Å². The minimum absolute atomic E-state index is 0.0439. The standard InChI is InChI=1S/C14H12ClFN2O.C4H7NO/c1-8-13(15)12-9(16)4-2-5-10(12)17-14(8)18-7-3-6-11(18)19;6-4-2-1-3-5-4/h2,4-5H,3,6-7H2,1H3;1-3H2,(H,5,6). The molecule has 2 amide bonds. The van der Waals surface area contributed by atoms with Gasteiger partial charge in [0, 0.05) is 31.5 Å². The highest BCUT2D eigenvalue weighted by Gasteiger charge is 2.26. The summed E-state index contributed by atoms with van der Waals surface area (Å²) < 4.78 is 13.8. The number of hydrogen-bond acceptors (Lipinski definition) is 3. The van der Waals surface area contributed by atoms with Gasteiger partial charge in [-0.25, -0.2) is 9.37 Å². The number of nitrogens with zero attached hydrogens (tertiary/aromatic N) is 2. The number of hydrogen-bond donors (Lipinski definition) is 1. The maximum atomic E-state index is 13.8. The Kier molecular flexibility index (Phi) is 5.18. The lowest BCUT2D eigenvalue weighted by molar-refractivity contribution is -0.119. The molecule has 0 aliphatic carbocycles. The molecule has 0 atom stereocenters. The van der Waals surface area contributed by atoms with Gasteiger partial charge >= 0.3 is 0 Å². The molecule has 2 saturated heterocycles. The fourth-order valence-electron chi connectivity index (χ4n) is 3.01. The second-order valence-corrected chi connectivity index (χ2v) is 6.49. The number of nitrogens with one attached hydrogen (secondary N) is 1. The summed E-state index contributed by atoms with van der Waals surface area (Å²) >= 11 is 6.24. The molecule has 0 unspecified atom stereocenters. The lowest BCUT2D eigenvalue weighted by atomic mass is 10.1. The molecule has 0 radical (unpaired) electrons. The lowest BCUT2D eigenvalue weighted by Crippen LogP contribution is -2.25. The summed E-state index contributed by atoms with van der Waals surface area (Å²) in [5, 5.41) is 3.33. The van der Waals surface area contributed by atoms with Gasteiger partial charge in [-0.1, -0.05) is 17.7 Å². The van der Waals surface area contributed by atoms with E-state index in [1.165, 1.54) is 6.07 Å². The quantitative estimate of drug-likeness (QED) is 0.845. The van der Waals surface area contributed by atoms with Crippen molar-refractivity contribution in [2.45, 2.75) is 32.6 Å². The molecule has 2 fully saturated rings. The summed E-state index contributed by atoms with van der Waals surface area (Å²) in [4.78, 5) is 28.0. The van der Waals surface area contributed by atoms with Crippen LogP contribution in [-0.4, -0.2) is 29.9 Å².